The first kappa shape index (κ1) is 18.6. The van der Waals surface area contributed by atoms with E-state index in [1.165, 1.54) is 18.5 Å². The minimum Gasteiger partial charge on any atom is -0.374 e. The zero-order valence-corrected chi connectivity index (χ0v) is 18.1. The van der Waals surface area contributed by atoms with Gasteiger partial charge in [0.1, 0.15) is 7.57 Å². The molecule has 2 aromatic rings. The molecule has 3 aliphatic rings. The molecule has 5 rings (SSSR count). The Morgan fingerprint density at radius 2 is 1.59 bits per heavy atom. The molecule has 3 saturated heterocycles. The van der Waals surface area contributed by atoms with E-state index >= 15 is 0 Å². The van der Waals surface area contributed by atoms with Crippen molar-refractivity contribution in [2.24, 2.45) is 11.3 Å². The molecule has 0 unspecified atom stereocenters. The summed E-state index contributed by atoms with van der Waals surface area (Å²) in [7, 11) is -1.09. The molecule has 0 N–H and O–H groups in total. The fraction of sp³-hybridized carbons (Fsp3) is 0.455. The smallest absolute Gasteiger partial charge is 0.138 e. The molecular formula is C22H29BOP2S. The number of benzene rings is 2. The van der Waals surface area contributed by atoms with Crippen LogP contribution < -0.4 is 10.6 Å². The first-order valence-electron chi connectivity index (χ1n) is 9.55. The first-order chi connectivity index (χ1) is 12.8. The summed E-state index contributed by atoms with van der Waals surface area (Å²) in [5.41, 5.74) is 1.16. The third kappa shape index (κ3) is 2.48. The highest BCUT2D eigenvalue weighted by molar-refractivity contribution is 8.16. The van der Waals surface area contributed by atoms with Gasteiger partial charge in [0.25, 0.3) is 0 Å². The fourth-order valence-corrected chi connectivity index (χ4v) is 17.3. The van der Waals surface area contributed by atoms with Gasteiger partial charge in [-0.1, -0.05) is 62.3 Å². The molecule has 3 heterocycles. The summed E-state index contributed by atoms with van der Waals surface area (Å²) in [4.78, 5) is 0. The molecule has 5 atom stereocenters. The lowest BCUT2D eigenvalue weighted by molar-refractivity contribution is -0.00725. The standard InChI is InChI=1S/C22H29BOP2S/c1-21-15-25(27)16-22(21,2)24-13-19(21)20(25)14-26(23,17-9-5-3-6-10-17)18-11-7-4-8-12-18/h3-12,19-20H,13-16H2,1-2,23H3/t19-,20+,21+,22+,25-/m1/s1. The molecule has 1 nitrogen and oxygen atoms in total. The topological polar surface area (TPSA) is 9.23 Å². The Kier molecular flexibility index (Phi) is 4.14. The molecule has 5 heteroatoms. The predicted octanol–water partition coefficient (Wildman–Crippen LogP) is 3.22. The van der Waals surface area contributed by atoms with Gasteiger partial charge in [-0.2, -0.15) is 0 Å². The Morgan fingerprint density at radius 3 is 2.15 bits per heavy atom. The predicted molar refractivity (Wildman–Crippen MR) is 128 cm³/mol. The lowest BCUT2D eigenvalue weighted by Crippen LogP contribution is -2.46. The van der Waals surface area contributed by atoms with Crippen LogP contribution in [0.5, 0.6) is 0 Å². The van der Waals surface area contributed by atoms with Crippen LogP contribution in [-0.2, 0) is 16.5 Å². The van der Waals surface area contributed by atoms with Gasteiger partial charge in [0.05, 0.1) is 22.8 Å². The van der Waals surface area contributed by atoms with Crippen LogP contribution in [0.4, 0.5) is 0 Å². The van der Waals surface area contributed by atoms with Gasteiger partial charge in [-0.05, 0) is 43.4 Å². The van der Waals surface area contributed by atoms with Crippen LogP contribution in [0.25, 0.3) is 0 Å². The Bertz CT molecular complexity index is 875. The summed E-state index contributed by atoms with van der Waals surface area (Å²) in [5.74, 6) is 0.701. The van der Waals surface area contributed by atoms with Crippen molar-refractivity contribution in [2.45, 2.75) is 25.1 Å². The minimum absolute atomic E-state index is 0.0740. The van der Waals surface area contributed by atoms with E-state index in [9.17, 15) is 0 Å². The number of hydrogen-bond donors (Lipinski definition) is 0. The Labute approximate surface area is 170 Å². The Balaban J connectivity index is 1.59. The van der Waals surface area contributed by atoms with Crippen molar-refractivity contribution in [3.8, 4) is 0 Å². The highest BCUT2D eigenvalue weighted by atomic mass is 32.4. The molecule has 142 valence electrons. The van der Waals surface area contributed by atoms with Gasteiger partial charge >= 0.3 is 0 Å². The van der Waals surface area contributed by atoms with Gasteiger partial charge in [-0.3, -0.25) is 0 Å². The molecular weight excluding hydrogens is 385 g/mol. The quantitative estimate of drug-likeness (QED) is 0.562. The zero-order chi connectivity index (χ0) is 18.9. The number of fused-ring (bicyclic) bond motifs is 1. The summed E-state index contributed by atoms with van der Waals surface area (Å²) < 4.78 is 6.44. The van der Waals surface area contributed by atoms with Gasteiger partial charge in [0.2, 0.25) is 0 Å². The van der Waals surface area contributed by atoms with Crippen molar-refractivity contribution in [1.29, 1.82) is 0 Å². The van der Waals surface area contributed by atoms with Crippen molar-refractivity contribution in [2.75, 3.05) is 25.1 Å². The maximum absolute atomic E-state index is 6.51. The molecule has 0 saturated carbocycles. The van der Waals surface area contributed by atoms with E-state index in [0.29, 0.717) is 11.3 Å². The van der Waals surface area contributed by atoms with Crippen LogP contribution in [0, 0.1) is 11.3 Å². The van der Waals surface area contributed by atoms with Crippen LogP contribution in [0.2, 0.25) is 0 Å². The van der Waals surface area contributed by atoms with Crippen molar-refractivity contribution in [1.82, 2.24) is 0 Å². The maximum atomic E-state index is 6.51. The molecule has 0 aliphatic carbocycles. The average Bonchev–Trinajstić information content (AvgIpc) is 3.08. The van der Waals surface area contributed by atoms with E-state index in [4.69, 9.17) is 16.5 Å². The highest BCUT2D eigenvalue weighted by Crippen LogP contribution is 2.81. The molecule has 0 amide bonds. The van der Waals surface area contributed by atoms with Gasteiger partial charge in [0.15, 0.2) is 0 Å². The van der Waals surface area contributed by atoms with E-state index in [2.05, 4.69) is 74.5 Å². The van der Waals surface area contributed by atoms with Crippen LogP contribution >= 0.6 is 13.2 Å². The highest BCUT2D eigenvalue weighted by Gasteiger charge is 2.73. The van der Waals surface area contributed by atoms with Crippen molar-refractivity contribution in [3.05, 3.63) is 60.7 Å². The molecule has 2 aromatic carbocycles. The average molecular weight is 414 g/mol. The number of rotatable bonds is 4. The zero-order valence-electron chi connectivity index (χ0n) is 15.5. The van der Waals surface area contributed by atoms with Gasteiger partial charge < -0.3 is 4.74 Å². The maximum Gasteiger partial charge on any atom is 0.138 e. The van der Waals surface area contributed by atoms with E-state index in [-0.39, 0.29) is 13.2 Å². The van der Waals surface area contributed by atoms with Gasteiger partial charge in [0, 0.05) is 29.3 Å². The summed E-state index contributed by atoms with van der Waals surface area (Å²) >= 11 is 6.51. The van der Waals surface area contributed by atoms with Crippen molar-refractivity contribution < 1.29 is 4.74 Å². The molecule has 0 spiro atoms. The Morgan fingerprint density at radius 1 is 1.04 bits per heavy atom. The van der Waals surface area contributed by atoms with Gasteiger partial charge in [-0.25, -0.2) is 0 Å². The molecule has 0 radical (unpaired) electrons. The van der Waals surface area contributed by atoms with Crippen LogP contribution in [0.3, 0.4) is 0 Å². The van der Waals surface area contributed by atoms with Gasteiger partial charge in [-0.15, -0.1) is 0 Å². The third-order valence-electron chi connectivity index (χ3n) is 7.35. The van der Waals surface area contributed by atoms with E-state index in [1.54, 1.807) is 10.6 Å². The summed E-state index contributed by atoms with van der Waals surface area (Å²) in [6.45, 7) is 5.83. The molecule has 3 aliphatic heterocycles. The van der Waals surface area contributed by atoms with Crippen molar-refractivity contribution in [3.63, 3.8) is 0 Å². The number of hydrogen-bond acceptors (Lipinski definition) is 2. The normalized spacial score (nSPS) is 39.8. The summed E-state index contributed by atoms with van der Waals surface area (Å²) in [5, 5.41) is 3.27. The van der Waals surface area contributed by atoms with E-state index in [0.717, 1.165) is 12.3 Å². The molecule has 0 aromatic heterocycles. The molecule has 27 heavy (non-hydrogen) atoms. The monoisotopic (exact) mass is 414 g/mol. The lowest BCUT2D eigenvalue weighted by Gasteiger charge is -2.42. The largest absolute Gasteiger partial charge is 0.374 e. The van der Waals surface area contributed by atoms with E-state index < -0.39 is 13.2 Å². The fourth-order valence-electron chi connectivity index (χ4n) is 5.79. The second-order valence-electron chi connectivity index (χ2n) is 8.68. The number of ether oxygens (including phenoxy) is 1. The molecule has 3 fully saturated rings. The lowest BCUT2D eigenvalue weighted by atomic mass is 9.69. The van der Waals surface area contributed by atoms with E-state index in [1.807, 2.05) is 0 Å². The second kappa shape index (κ2) is 6.02. The van der Waals surface area contributed by atoms with Crippen LogP contribution in [0.15, 0.2) is 60.7 Å². The third-order valence-corrected chi connectivity index (χ3v) is 15.9. The Hall–Kier alpha value is -0.455. The van der Waals surface area contributed by atoms with Crippen molar-refractivity contribution >= 4 is 43.2 Å². The SMILES string of the molecule is [BH3-][P+](C[C@H]1[C@H]2CO[C@@]3(C)C[P@]1(=S)C[C@@]23C)(c1ccccc1)c1ccccc1. The first-order valence-corrected chi connectivity index (χ1v) is 14.3. The molecule has 2 bridgehead atoms. The minimum atomic E-state index is -1.33. The second-order valence-corrected chi connectivity index (χ2v) is 16.3. The van der Waals surface area contributed by atoms with Crippen LogP contribution in [-0.4, -0.2) is 43.9 Å². The van der Waals surface area contributed by atoms with Crippen LogP contribution in [0.1, 0.15) is 13.8 Å². The summed E-state index contributed by atoms with van der Waals surface area (Å²) in [6.07, 6.45) is 3.86. The summed E-state index contributed by atoms with van der Waals surface area (Å²) in [6, 6.07) is 21.6.